The summed E-state index contributed by atoms with van der Waals surface area (Å²) in [5.74, 6) is 0.662. The van der Waals surface area contributed by atoms with Gasteiger partial charge in [0.15, 0.2) is 0 Å². The van der Waals surface area contributed by atoms with Crippen molar-refractivity contribution in [3.8, 4) is 0 Å². The fourth-order valence-corrected chi connectivity index (χ4v) is 3.67. The van der Waals surface area contributed by atoms with Gasteiger partial charge in [-0.05, 0) is 31.4 Å². The van der Waals surface area contributed by atoms with Gasteiger partial charge >= 0.3 is 0 Å². The average molecular weight is 329 g/mol. The van der Waals surface area contributed by atoms with Gasteiger partial charge < -0.3 is 9.80 Å². The van der Waals surface area contributed by atoms with E-state index in [1.54, 1.807) is 6.20 Å². The predicted octanol–water partition coefficient (Wildman–Crippen LogP) is 2.18. The summed E-state index contributed by atoms with van der Waals surface area (Å²) in [4.78, 5) is 33.1. The van der Waals surface area contributed by atoms with E-state index in [4.69, 9.17) is 0 Å². The summed E-state index contributed by atoms with van der Waals surface area (Å²) in [6, 6.07) is 3.90. The summed E-state index contributed by atoms with van der Waals surface area (Å²) >= 11 is 0. The van der Waals surface area contributed by atoms with Crippen LogP contribution in [0.15, 0.2) is 18.3 Å². The zero-order valence-corrected chi connectivity index (χ0v) is 14.5. The molecule has 0 N–H and O–H groups in total. The van der Waals surface area contributed by atoms with E-state index in [9.17, 15) is 9.59 Å². The topological polar surface area (TPSA) is 53.5 Å². The molecule has 1 saturated heterocycles. The number of nitrogens with zero attached hydrogens (tertiary/aromatic N) is 3. The third-order valence-corrected chi connectivity index (χ3v) is 5.23. The van der Waals surface area contributed by atoms with Crippen LogP contribution in [0, 0.1) is 12.8 Å². The van der Waals surface area contributed by atoms with Crippen molar-refractivity contribution in [3.05, 3.63) is 29.6 Å². The molecule has 24 heavy (non-hydrogen) atoms. The van der Waals surface area contributed by atoms with Crippen LogP contribution in [0.2, 0.25) is 0 Å². The molecule has 5 nitrogen and oxygen atoms in total. The lowest BCUT2D eigenvalue weighted by molar-refractivity contribution is -0.142. The second-order valence-corrected chi connectivity index (χ2v) is 7.03. The zero-order valence-electron chi connectivity index (χ0n) is 14.5. The van der Waals surface area contributed by atoms with Crippen LogP contribution in [-0.2, 0) is 16.0 Å². The highest BCUT2D eigenvalue weighted by atomic mass is 16.2. The van der Waals surface area contributed by atoms with E-state index in [0.717, 1.165) is 24.1 Å². The number of amides is 2. The summed E-state index contributed by atoms with van der Waals surface area (Å²) in [7, 11) is 0. The van der Waals surface area contributed by atoms with Gasteiger partial charge in [0.2, 0.25) is 11.8 Å². The maximum absolute atomic E-state index is 12.6. The van der Waals surface area contributed by atoms with Gasteiger partial charge in [0.1, 0.15) is 0 Å². The van der Waals surface area contributed by atoms with Crippen LogP contribution in [0.4, 0.5) is 0 Å². The van der Waals surface area contributed by atoms with Gasteiger partial charge in [-0.15, -0.1) is 0 Å². The minimum Gasteiger partial charge on any atom is -0.339 e. The predicted molar refractivity (Wildman–Crippen MR) is 92.4 cm³/mol. The largest absolute Gasteiger partial charge is 0.339 e. The lowest BCUT2D eigenvalue weighted by Crippen LogP contribution is -2.52. The Labute approximate surface area is 144 Å². The molecule has 2 fully saturated rings. The van der Waals surface area contributed by atoms with E-state index in [2.05, 4.69) is 4.98 Å². The number of carbonyl (C=O) groups is 2. The Morgan fingerprint density at radius 3 is 2.33 bits per heavy atom. The van der Waals surface area contributed by atoms with E-state index in [-0.39, 0.29) is 11.8 Å². The molecule has 2 aliphatic rings. The van der Waals surface area contributed by atoms with Crippen molar-refractivity contribution in [3.63, 3.8) is 0 Å². The van der Waals surface area contributed by atoms with Gasteiger partial charge in [0.25, 0.3) is 0 Å². The lowest BCUT2D eigenvalue weighted by Gasteiger charge is -2.37. The van der Waals surface area contributed by atoms with Crippen molar-refractivity contribution in [2.24, 2.45) is 5.92 Å². The van der Waals surface area contributed by atoms with Gasteiger partial charge in [0.05, 0.1) is 6.42 Å². The molecule has 2 heterocycles. The number of hydrogen-bond acceptors (Lipinski definition) is 3. The van der Waals surface area contributed by atoms with Crippen LogP contribution >= 0.6 is 0 Å². The molecule has 0 aromatic carbocycles. The van der Waals surface area contributed by atoms with Crippen LogP contribution in [0.3, 0.4) is 0 Å². The molecule has 1 saturated carbocycles. The van der Waals surface area contributed by atoms with Crippen molar-refractivity contribution in [1.29, 1.82) is 0 Å². The Hall–Kier alpha value is -1.91. The van der Waals surface area contributed by atoms with Crippen molar-refractivity contribution in [2.45, 2.75) is 45.4 Å². The molecule has 0 radical (unpaired) electrons. The fraction of sp³-hybridized carbons (Fsp3) is 0.632. The molecule has 0 spiro atoms. The molecule has 1 aliphatic carbocycles. The van der Waals surface area contributed by atoms with Crippen LogP contribution in [-0.4, -0.2) is 52.8 Å². The molecule has 2 amide bonds. The monoisotopic (exact) mass is 329 g/mol. The van der Waals surface area contributed by atoms with Crippen molar-refractivity contribution < 1.29 is 9.59 Å². The highest BCUT2D eigenvalue weighted by Crippen LogP contribution is 2.25. The summed E-state index contributed by atoms with van der Waals surface area (Å²) in [6.07, 6.45) is 7.87. The first kappa shape index (κ1) is 16.9. The molecule has 130 valence electrons. The van der Waals surface area contributed by atoms with E-state index in [1.807, 2.05) is 28.9 Å². The standard InChI is InChI=1S/C19H27N3O2/c1-15-7-8-16(14-20-15)13-18(23)21-9-11-22(12-10-21)19(24)17-5-3-2-4-6-17/h7-8,14,17H,2-6,9-13H2,1H3. The van der Waals surface area contributed by atoms with Gasteiger partial charge in [-0.3, -0.25) is 14.6 Å². The first-order valence-electron chi connectivity index (χ1n) is 9.11. The average Bonchev–Trinajstić information content (AvgIpc) is 2.64. The Bertz CT molecular complexity index is 571. The molecule has 1 aromatic heterocycles. The third kappa shape index (κ3) is 4.13. The summed E-state index contributed by atoms with van der Waals surface area (Å²) in [5, 5.41) is 0. The summed E-state index contributed by atoms with van der Waals surface area (Å²) in [5.41, 5.74) is 1.91. The highest BCUT2D eigenvalue weighted by Gasteiger charge is 2.29. The lowest BCUT2D eigenvalue weighted by atomic mass is 9.88. The third-order valence-electron chi connectivity index (χ3n) is 5.23. The normalized spacial score (nSPS) is 19.4. The summed E-state index contributed by atoms with van der Waals surface area (Å²) < 4.78 is 0. The van der Waals surface area contributed by atoms with E-state index in [0.29, 0.717) is 38.5 Å². The number of pyridine rings is 1. The number of carbonyl (C=O) groups excluding carboxylic acids is 2. The zero-order chi connectivity index (χ0) is 16.9. The molecule has 5 heteroatoms. The van der Waals surface area contributed by atoms with Crippen LogP contribution in [0.25, 0.3) is 0 Å². The Morgan fingerprint density at radius 2 is 1.71 bits per heavy atom. The molecule has 0 unspecified atom stereocenters. The fourth-order valence-electron chi connectivity index (χ4n) is 3.67. The second-order valence-electron chi connectivity index (χ2n) is 7.03. The van der Waals surface area contributed by atoms with E-state index >= 15 is 0 Å². The molecule has 0 bridgehead atoms. The van der Waals surface area contributed by atoms with E-state index in [1.165, 1.54) is 19.3 Å². The molecule has 1 aliphatic heterocycles. The van der Waals surface area contributed by atoms with Crippen LogP contribution in [0.5, 0.6) is 0 Å². The van der Waals surface area contributed by atoms with Crippen LogP contribution < -0.4 is 0 Å². The minimum atomic E-state index is 0.130. The molecule has 1 aromatic rings. The summed E-state index contributed by atoms with van der Waals surface area (Å²) in [6.45, 7) is 4.59. The number of rotatable bonds is 3. The first-order chi connectivity index (χ1) is 11.6. The number of hydrogen-bond donors (Lipinski definition) is 0. The van der Waals surface area contributed by atoms with Gasteiger partial charge in [0, 0.05) is 44.0 Å². The Balaban J connectivity index is 1.48. The van der Waals surface area contributed by atoms with Gasteiger partial charge in [-0.25, -0.2) is 0 Å². The maximum Gasteiger partial charge on any atom is 0.227 e. The van der Waals surface area contributed by atoms with E-state index < -0.39 is 0 Å². The molecular weight excluding hydrogens is 302 g/mol. The first-order valence-corrected chi connectivity index (χ1v) is 9.11. The quantitative estimate of drug-likeness (QED) is 0.854. The Kier molecular flexibility index (Phi) is 5.48. The number of piperazine rings is 1. The van der Waals surface area contributed by atoms with Crippen molar-refractivity contribution in [1.82, 2.24) is 14.8 Å². The number of aromatic nitrogens is 1. The second kappa shape index (κ2) is 7.77. The SMILES string of the molecule is Cc1ccc(CC(=O)N2CCN(C(=O)C3CCCCC3)CC2)cn1. The minimum absolute atomic E-state index is 0.130. The molecular formula is C19H27N3O2. The smallest absolute Gasteiger partial charge is 0.227 e. The highest BCUT2D eigenvalue weighted by molar-refractivity contribution is 5.81. The van der Waals surface area contributed by atoms with Gasteiger partial charge in [-0.1, -0.05) is 25.3 Å². The Morgan fingerprint density at radius 1 is 1.04 bits per heavy atom. The maximum atomic E-state index is 12.6. The molecule has 0 atom stereocenters. The van der Waals surface area contributed by atoms with Crippen LogP contribution in [0.1, 0.15) is 43.4 Å². The molecule has 3 rings (SSSR count). The number of aryl methyl sites for hydroxylation is 1. The van der Waals surface area contributed by atoms with Gasteiger partial charge in [-0.2, -0.15) is 0 Å². The van der Waals surface area contributed by atoms with Crippen molar-refractivity contribution >= 4 is 11.8 Å². The van der Waals surface area contributed by atoms with Crippen molar-refractivity contribution in [2.75, 3.05) is 26.2 Å².